The van der Waals surface area contributed by atoms with Crippen molar-refractivity contribution >= 4 is 5.91 Å². The summed E-state index contributed by atoms with van der Waals surface area (Å²) < 4.78 is 1.98. The second-order valence-corrected chi connectivity index (χ2v) is 4.44. The molecule has 2 rings (SSSR count). The second kappa shape index (κ2) is 4.20. The van der Waals surface area contributed by atoms with E-state index in [1.165, 1.54) is 0 Å². The van der Waals surface area contributed by atoms with E-state index in [0.717, 1.165) is 11.4 Å². The summed E-state index contributed by atoms with van der Waals surface area (Å²) in [5.41, 5.74) is 2.11. The van der Waals surface area contributed by atoms with Crippen LogP contribution in [0, 0.1) is 23.0 Å². The standard InChI is InChI=1S/C11H15N3O3/c1-7-3-4-8(13(7)2)6-12-11(15)9-5-10(9)14(16)17/h3-4,9-10H,5-6H2,1-2H3,(H,12,15)/t9-,10+/m0/s1. The largest absolute Gasteiger partial charge is 0.350 e. The van der Waals surface area contributed by atoms with Crippen molar-refractivity contribution < 1.29 is 9.72 Å². The van der Waals surface area contributed by atoms with Crippen molar-refractivity contribution in [2.45, 2.75) is 25.9 Å². The number of nitrogens with zero attached hydrogens (tertiary/aromatic N) is 2. The highest BCUT2D eigenvalue weighted by Gasteiger charge is 2.53. The maximum absolute atomic E-state index is 11.6. The van der Waals surface area contributed by atoms with Gasteiger partial charge in [-0.2, -0.15) is 0 Å². The molecule has 0 unspecified atom stereocenters. The van der Waals surface area contributed by atoms with E-state index >= 15 is 0 Å². The van der Waals surface area contributed by atoms with Gasteiger partial charge in [0, 0.05) is 29.8 Å². The summed E-state index contributed by atoms with van der Waals surface area (Å²) >= 11 is 0. The van der Waals surface area contributed by atoms with Crippen LogP contribution in [0.25, 0.3) is 0 Å². The molecule has 6 heteroatoms. The molecule has 17 heavy (non-hydrogen) atoms. The lowest BCUT2D eigenvalue weighted by Crippen LogP contribution is -2.27. The highest BCUT2D eigenvalue weighted by atomic mass is 16.6. The molecule has 1 saturated carbocycles. The molecule has 1 fully saturated rings. The first-order chi connectivity index (χ1) is 8.00. The lowest BCUT2D eigenvalue weighted by atomic mass is 10.3. The summed E-state index contributed by atoms with van der Waals surface area (Å²) in [5.74, 6) is -0.656. The fraction of sp³-hybridized carbons (Fsp3) is 0.545. The Hall–Kier alpha value is -1.85. The summed E-state index contributed by atoms with van der Waals surface area (Å²) in [6, 6.07) is 3.23. The highest BCUT2D eigenvalue weighted by Crippen LogP contribution is 2.33. The SMILES string of the molecule is Cc1ccc(CNC(=O)[C@H]2C[C@H]2[N+](=O)[O-])n1C. The van der Waals surface area contributed by atoms with Gasteiger partial charge in [0.2, 0.25) is 11.9 Å². The molecule has 1 amide bonds. The molecule has 0 aromatic carbocycles. The van der Waals surface area contributed by atoms with Gasteiger partial charge in [-0.3, -0.25) is 14.9 Å². The molecule has 2 atom stereocenters. The number of hydrogen-bond donors (Lipinski definition) is 1. The number of nitrogens with one attached hydrogen (secondary N) is 1. The number of aryl methyl sites for hydroxylation is 1. The van der Waals surface area contributed by atoms with Gasteiger partial charge in [-0.1, -0.05) is 0 Å². The molecule has 1 aliphatic carbocycles. The summed E-state index contributed by atoms with van der Waals surface area (Å²) in [5, 5.41) is 13.2. The third kappa shape index (κ3) is 2.30. The lowest BCUT2D eigenvalue weighted by molar-refractivity contribution is -0.497. The molecule has 1 aromatic heterocycles. The smallest absolute Gasteiger partial charge is 0.230 e. The monoisotopic (exact) mass is 237 g/mol. The van der Waals surface area contributed by atoms with E-state index in [1.54, 1.807) is 0 Å². The third-order valence-electron chi connectivity index (χ3n) is 3.28. The maximum Gasteiger partial charge on any atom is 0.230 e. The van der Waals surface area contributed by atoms with Crippen LogP contribution in [0.15, 0.2) is 12.1 Å². The zero-order valence-corrected chi connectivity index (χ0v) is 9.84. The molecule has 92 valence electrons. The van der Waals surface area contributed by atoms with Gasteiger partial charge < -0.3 is 9.88 Å². The van der Waals surface area contributed by atoms with Crippen molar-refractivity contribution in [3.05, 3.63) is 33.6 Å². The van der Waals surface area contributed by atoms with Crippen LogP contribution in [0.2, 0.25) is 0 Å². The third-order valence-corrected chi connectivity index (χ3v) is 3.28. The minimum atomic E-state index is -0.676. The summed E-state index contributed by atoms with van der Waals surface area (Å²) in [7, 11) is 1.92. The summed E-state index contributed by atoms with van der Waals surface area (Å²) in [6.45, 7) is 2.40. The van der Waals surface area contributed by atoms with Gasteiger partial charge in [0.15, 0.2) is 0 Å². The van der Waals surface area contributed by atoms with Crippen LogP contribution in [-0.2, 0) is 18.4 Å². The molecular formula is C11H15N3O3. The zero-order valence-electron chi connectivity index (χ0n) is 9.84. The van der Waals surface area contributed by atoms with E-state index < -0.39 is 12.0 Å². The van der Waals surface area contributed by atoms with Gasteiger partial charge in [-0.25, -0.2) is 0 Å². The molecular weight excluding hydrogens is 222 g/mol. The quantitative estimate of drug-likeness (QED) is 0.615. The average Bonchev–Trinajstić information content (AvgIpc) is 3.02. The van der Waals surface area contributed by atoms with Crippen molar-refractivity contribution in [1.29, 1.82) is 0 Å². The van der Waals surface area contributed by atoms with Gasteiger partial charge in [0.25, 0.3) is 0 Å². The van der Waals surface area contributed by atoms with E-state index in [2.05, 4.69) is 5.32 Å². The van der Waals surface area contributed by atoms with Gasteiger partial charge in [0.1, 0.15) is 5.92 Å². The molecule has 0 radical (unpaired) electrons. The Morgan fingerprint density at radius 2 is 2.35 bits per heavy atom. The predicted octanol–water partition coefficient (Wildman–Crippen LogP) is 0.615. The molecule has 0 aliphatic heterocycles. The number of amides is 1. The Labute approximate surface area is 98.8 Å². The molecule has 6 nitrogen and oxygen atoms in total. The fourth-order valence-corrected chi connectivity index (χ4v) is 1.85. The molecule has 1 N–H and O–H groups in total. The van der Waals surface area contributed by atoms with Gasteiger partial charge >= 0.3 is 0 Å². The van der Waals surface area contributed by atoms with Crippen LogP contribution in [0.4, 0.5) is 0 Å². The van der Waals surface area contributed by atoms with Crippen molar-refractivity contribution in [1.82, 2.24) is 9.88 Å². The van der Waals surface area contributed by atoms with Crippen LogP contribution >= 0.6 is 0 Å². The molecule has 0 saturated heterocycles. The van der Waals surface area contributed by atoms with E-state index in [0.29, 0.717) is 13.0 Å². The Balaban J connectivity index is 1.85. The molecule has 1 aliphatic rings. The van der Waals surface area contributed by atoms with Crippen LogP contribution < -0.4 is 5.32 Å². The fourth-order valence-electron chi connectivity index (χ4n) is 1.85. The van der Waals surface area contributed by atoms with Crippen molar-refractivity contribution in [2.75, 3.05) is 0 Å². The number of carbonyl (C=O) groups excluding carboxylic acids is 1. The van der Waals surface area contributed by atoms with Crippen LogP contribution in [-0.4, -0.2) is 21.4 Å². The Morgan fingerprint density at radius 1 is 1.65 bits per heavy atom. The Kier molecular flexibility index (Phi) is 2.87. The Bertz CT molecular complexity index is 467. The van der Waals surface area contributed by atoms with Crippen molar-refractivity contribution in [3.63, 3.8) is 0 Å². The predicted molar refractivity (Wildman–Crippen MR) is 60.9 cm³/mol. The number of hydrogen-bond acceptors (Lipinski definition) is 3. The van der Waals surface area contributed by atoms with Crippen LogP contribution in [0.1, 0.15) is 17.8 Å². The first kappa shape index (κ1) is 11.6. The summed E-state index contributed by atoms with van der Waals surface area (Å²) in [6.07, 6.45) is 0.366. The summed E-state index contributed by atoms with van der Waals surface area (Å²) in [4.78, 5) is 21.6. The van der Waals surface area contributed by atoms with E-state index in [4.69, 9.17) is 0 Å². The van der Waals surface area contributed by atoms with Crippen LogP contribution in [0.5, 0.6) is 0 Å². The number of rotatable bonds is 4. The van der Waals surface area contributed by atoms with Gasteiger partial charge in [-0.15, -0.1) is 0 Å². The van der Waals surface area contributed by atoms with E-state index in [-0.39, 0.29) is 10.8 Å². The Morgan fingerprint density at radius 3 is 2.82 bits per heavy atom. The van der Waals surface area contributed by atoms with Crippen LogP contribution in [0.3, 0.4) is 0 Å². The lowest BCUT2D eigenvalue weighted by Gasteiger charge is -2.06. The first-order valence-electron chi connectivity index (χ1n) is 5.53. The highest BCUT2D eigenvalue weighted by molar-refractivity contribution is 5.81. The van der Waals surface area contributed by atoms with Gasteiger partial charge in [0.05, 0.1) is 6.54 Å². The van der Waals surface area contributed by atoms with E-state index in [1.807, 2.05) is 30.7 Å². The molecule has 0 spiro atoms. The molecule has 1 aromatic rings. The normalized spacial score (nSPS) is 22.2. The first-order valence-corrected chi connectivity index (χ1v) is 5.53. The number of carbonyl (C=O) groups is 1. The van der Waals surface area contributed by atoms with Crippen molar-refractivity contribution in [2.24, 2.45) is 13.0 Å². The molecule has 1 heterocycles. The van der Waals surface area contributed by atoms with E-state index in [9.17, 15) is 14.9 Å². The number of nitro groups is 1. The topological polar surface area (TPSA) is 77.2 Å². The van der Waals surface area contributed by atoms with Crippen molar-refractivity contribution in [3.8, 4) is 0 Å². The minimum Gasteiger partial charge on any atom is -0.350 e. The zero-order chi connectivity index (χ0) is 12.6. The minimum absolute atomic E-state index is 0.217. The second-order valence-electron chi connectivity index (χ2n) is 4.44. The van der Waals surface area contributed by atoms with Gasteiger partial charge in [-0.05, 0) is 19.1 Å². The maximum atomic E-state index is 11.6. The molecule has 0 bridgehead atoms. The number of aromatic nitrogens is 1. The average molecular weight is 237 g/mol.